The highest BCUT2D eigenvalue weighted by Gasteiger charge is 2.04. The molecule has 0 atom stereocenters. The Balaban J connectivity index is 1.92. The minimum atomic E-state index is 0.930. The Morgan fingerprint density at radius 2 is 1.90 bits per heavy atom. The van der Waals surface area contributed by atoms with Gasteiger partial charge in [-0.05, 0) is 60.3 Å². The van der Waals surface area contributed by atoms with Crippen LogP contribution in [0.2, 0.25) is 0 Å². The zero-order chi connectivity index (χ0) is 14.7. The van der Waals surface area contributed by atoms with E-state index in [-0.39, 0.29) is 0 Å². The van der Waals surface area contributed by atoms with Gasteiger partial charge in [0, 0.05) is 6.54 Å². The highest BCUT2D eigenvalue weighted by atomic mass is 14.9. The summed E-state index contributed by atoms with van der Waals surface area (Å²) in [7, 11) is 0. The standard InChI is InChI=1S/C18H21N3/c1-3-8-19-11-16-9-14(5-4-13(16)2)15-6-7-17-18(10-15)21-12-20-17/h4-7,9-10,12,19H,3,8,11H2,1-2H3,(H,20,21). The van der Waals surface area contributed by atoms with Crippen LogP contribution in [-0.2, 0) is 6.54 Å². The van der Waals surface area contributed by atoms with Gasteiger partial charge >= 0.3 is 0 Å². The van der Waals surface area contributed by atoms with Gasteiger partial charge in [0.1, 0.15) is 0 Å². The van der Waals surface area contributed by atoms with E-state index in [1.807, 2.05) is 0 Å². The van der Waals surface area contributed by atoms with E-state index < -0.39 is 0 Å². The van der Waals surface area contributed by atoms with Crippen molar-refractivity contribution >= 4 is 11.0 Å². The highest BCUT2D eigenvalue weighted by molar-refractivity contribution is 5.81. The first-order valence-electron chi connectivity index (χ1n) is 7.51. The maximum absolute atomic E-state index is 4.27. The van der Waals surface area contributed by atoms with E-state index in [1.165, 1.54) is 22.3 Å². The molecule has 3 rings (SSSR count). The van der Waals surface area contributed by atoms with E-state index in [2.05, 4.69) is 65.5 Å². The summed E-state index contributed by atoms with van der Waals surface area (Å²) < 4.78 is 0. The summed E-state index contributed by atoms with van der Waals surface area (Å²) in [6, 6.07) is 13.0. The third kappa shape index (κ3) is 2.98. The van der Waals surface area contributed by atoms with E-state index in [1.54, 1.807) is 6.33 Å². The molecule has 1 heterocycles. The zero-order valence-electron chi connectivity index (χ0n) is 12.6. The van der Waals surface area contributed by atoms with Gasteiger partial charge in [0.25, 0.3) is 0 Å². The molecule has 108 valence electrons. The predicted molar refractivity (Wildman–Crippen MR) is 88.3 cm³/mol. The molecule has 0 spiro atoms. The minimum Gasteiger partial charge on any atom is -0.345 e. The molecule has 0 radical (unpaired) electrons. The normalized spacial score (nSPS) is 11.1. The zero-order valence-corrected chi connectivity index (χ0v) is 12.6. The van der Waals surface area contributed by atoms with Crippen molar-refractivity contribution in [3.63, 3.8) is 0 Å². The van der Waals surface area contributed by atoms with Crippen molar-refractivity contribution < 1.29 is 0 Å². The molecular formula is C18H21N3. The molecule has 1 aromatic heterocycles. The van der Waals surface area contributed by atoms with Crippen LogP contribution in [0.25, 0.3) is 22.2 Å². The first-order valence-corrected chi connectivity index (χ1v) is 7.51. The number of imidazole rings is 1. The van der Waals surface area contributed by atoms with Gasteiger partial charge in [0.15, 0.2) is 0 Å². The van der Waals surface area contributed by atoms with Gasteiger partial charge < -0.3 is 10.3 Å². The van der Waals surface area contributed by atoms with Crippen molar-refractivity contribution in [2.45, 2.75) is 26.8 Å². The molecule has 3 heteroatoms. The Hall–Kier alpha value is -2.13. The van der Waals surface area contributed by atoms with Crippen LogP contribution in [-0.4, -0.2) is 16.5 Å². The van der Waals surface area contributed by atoms with Gasteiger partial charge in [-0.2, -0.15) is 0 Å². The molecule has 0 saturated carbocycles. The summed E-state index contributed by atoms with van der Waals surface area (Å²) in [5, 5.41) is 3.48. The molecule has 0 fully saturated rings. The van der Waals surface area contributed by atoms with Crippen molar-refractivity contribution in [2.75, 3.05) is 6.54 Å². The van der Waals surface area contributed by atoms with Gasteiger partial charge in [-0.1, -0.05) is 25.1 Å². The van der Waals surface area contributed by atoms with Gasteiger partial charge in [-0.15, -0.1) is 0 Å². The number of aryl methyl sites for hydroxylation is 1. The Labute approximate surface area is 125 Å². The Bertz CT molecular complexity index is 743. The van der Waals surface area contributed by atoms with Gasteiger partial charge in [-0.3, -0.25) is 0 Å². The second kappa shape index (κ2) is 6.10. The lowest BCUT2D eigenvalue weighted by molar-refractivity contribution is 0.673. The number of H-pyrrole nitrogens is 1. The van der Waals surface area contributed by atoms with Crippen LogP contribution in [0.1, 0.15) is 24.5 Å². The fraction of sp³-hybridized carbons (Fsp3) is 0.278. The smallest absolute Gasteiger partial charge is 0.0931 e. The van der Waals surface area contributed by atoms with E-state index in [9.17, 15) is 0 Å². The highest BCUT2D eigenvalue weighted by Crippen LogP contribution is 2.25. The van der Waals surface area contributed by atoms with Gasteiger partial charge in [0.2, 0.25) is 0 Å². The molecule has 0 amide bonds. The molecule has 0 unspecified atom stereocenters. The lowest BCUT2D eigenvalue weighted by atomic mass is 9.99. The van der Waals surface area contributed by atoms with Crippen LogP contribution in [0.5, 0.6) is 0 Å². The van der Waals surface area contributed by atoms with Gasteiger partial charge in [0.05, 0.1) is 17.4 Å². The maximum Gasteiger partial charge on any atom is 0.0931 e. The largest absolute Gasteiger partial charge is 0.345 e. The minimum absolute atomic E-state index is 0.930. The van der Waals surface area contributed by atoms with Crippen molar-refractivity contribution in [1.29, 1.82) is 0 Å². The summed E-state index contributed by atoms with van der Waals surface area (Å²) in [4.78, 5) is 7.44. The molecule has 2 N–H and O–H groups in total. The lowest BCUT2D eigenvalue weighted by Gasteiger charge is -2.10. The number of aromatic nitrogens is 2. The molecular weight excluding hydrogens is 258 g/mol. The van der Waals surface area contributed by atoms with Crippen LogP contribution in [0, 0.1) is 6.92 Å². The molecule has 0 bridgehead atoms. The monoisotopic (exact) mass is 279 g/mol. The number of rotatable bonds is 5. The SMILES string of the molecule is CCCNCc1cc(-c2ccc3nc[nH]c3c2)ccc1C. The van der Waals surface area contributed by atoms with E-state index in [4.69, 9.17) is 0 Å². The number of benzene rings is 2. The Morgan fingerprint density at radius 3 is 2.76 bits per heavy atom. The third-order valence-electron chi connectivity index (χ3n) is 3.84. The molecule has 2 aromatic carbocycles. The molecule has 0 aliphatic heterocycles. The predicted octanol–water partition coefficient (Wildman–Crippen LogP) is 4.04. The first kappa shape index (κ1) is 13.8. The molecule has 0 aliphatic carbocycles. The quantitative estimate of drug-likeness (QED) is 0.692. The number of nitrogens with zero attached hydrogens (tertiary/aromatic N) is 1. The van der Waals surface area contributed by atoms with Crippen LogP contribution in [0.4, 0.5) is 0 Å². The van der Waals surface area contributed by atoms with Crippen LogP contribution >= 0.6 is 0 Å². The van der Waals surface area contributed by atoms with Crippen LogP contribution in [0.15, 0.2) is 42.7 Å². The third-order valence-corrected chi connectivity index (χ3v) is 3.84. The topological polar surface area (TPSA) is 40.7 Å². The van der Waals surface area contributed by atoms with Crippen LogP contribution < -0.4 is 5.32 Å². The average Bonchev–Trinajstić information content (AvgIpc) is 2.97. The van der Waals surface area contributed by atoms with Crippen molar-refractivity contribution in [2.24, 2.45) is 0 Å². The van der Waals surface area contributed by atoms with Crippen molar-refractivity contribution in [3.05, 3.63) is 53.9 Å². The number of hydrogen-bond acceptors (Lipinski definition) is 2. The second-order valence-electron chi connectivity index (χ2n) is 5.45. The summed E-state index contributed by atoms with van der Waals surface area (Å²) in [5.74, 6) is 0. The Morgan fingerprint density at radius 1 is 1.10 bits per heavy atom. The summed E-state index contributed by atoms with van der Waals surface area (Å²) >= 11 is 0. The maximum atomic E-state index is 4.27. The lowest BCUT2D eigenvalue weighted by Crippen LogP contribution is -2.14. The number of fused-ring (bicyclic) bond motifs is 1. The fourth-order valence-corrected chi connectivity index (χ4v) is 2.56. The van der Waals surface area contributed by atoms with E-state index in [0.29, 0.717) is 0 Å². The molecule has 3 aromatic rings. The van der Waals surface area contributed by atoms with Crippen molar-refractivity contribution in [3.8, 4) is 11.1 Å². The molecule has 3 nitrogen and oxygen atoms in total. The second-order valence-corrected chi connectivity index (χ2v) is 5.45. The number of aromatic amines is 1. The van der Waals surface area contributed by atoms with E-state index >= 15 is 0 Å². The molecule has 0 saturated heterocycles. The fourth-order valence-electron chi connectivity index (χ4n) is 2.56. The summed E-state index contributed by atoms with van der Waals surface area (Å²) in [6.07, 6.45) is 2.90. The van der Waals surface area contributed by atoms with Crippen LogP contribution in [0.3, 0.4) is 0 Å². The summed E-state index contributed by atoms with van der Waals surface area (Å²) in [6.45, 7) is 6.35. The first-order chi connectivity index (χ1) is 10.3. The van der Waals surface area contributed by atoms with E-state index in [0.717, 1.165) is 30.5 Å². The average molecular weight is 279 g/mol. The van der Waals surface area contributed by atoms with Gasteiger partial charge in [-0.25, -0.2) is 4.98 Å². The number of hydrogen-bond donors (Lipinski definition) is 2. The Kier molecular flexibility index (Phi) is 4.02. The molecule has 21 heavy (non-hydrogen) atoms. The molecule has 0 aliphatic rings. The number of nitrogens with one attached hydrogen (secondary N) is 2. The summed E-state index contributed by atoms with van der Waals surface area (Å²) in [5.41, 5.74) is 7.28. The van der Waals surface area contributed by atoms with Crippen molar-refractivity contribution in [1.82, 2.24) is 15.3 Å².